The van der Waals surface area contributed by atoms with E-state index in [2.05, 4.69) is 5.92 Å². The van der Waals surface area contributed by atoms with Crippen molar-refractivity contribution in [2.24, 2.45) is 0 Å². The van der Waals surface area contributed by atoms with E-state index in [1.54, 1.807) is 13.1 Å². The van der Waals surface area contributed by atoms with E-state index in [4.69, 9.17) is 11.2 Å². The van der Waals surface area contributed by atoms with Crippen LogP contribution in [0.15, 0.2) is 18.2 Å². The molecule has 0 fully saturated rings. The van der Waals surface area contributed by atoms with Gasteiger partial charge in [0.2, 0.25) is 0 Å². The molecule has 1 aromatic carbocycles. The zero-order chi connectivity index (χ0) is 11.5. The Balaban J connectivity index is 2.22. The molecular weight excluding hydrogens is 202 g/mol. The minimum Gasteiger partial charge on any atom is -0.493 e. The second-order valence-electron chi connectivity index (χ2n) is 3.79. The molecule has 0 atom stereocenters. The van der Waals surface area contributed by atoms with Crippen LogP contribution in [0.25, 0.3) is 0 Å². The first kappa shape index (κ1) is 10.6. The van der Waals surface area contributed by atoms with Gasteiger partial charge in [0.1, 0.15) is 5.75 Å². The van der Waals surface area contributed by atoms with Gasteiger partial charge in [-0.05, 0) is 23.8 Å². The number of hydrogen-bond acceptors (Lipinski definition) is 2. The van der Waals surface area contributed by atoms with Gasteiger partial charge in [-0.15, -0.1) is 6.42 Å². The van der Waals surface area contributed by atoms with Crippen LogP contribution in [-0.4, -0.2) is 31.0 Å². The lowest BCUT2D eigenvalue weighted by Crippen LogP contribution is -2.26. The molecule has 0 unspecified atom stereocenters. The molecule has 0 N–H and O–H groups in total. The molecule has 3 nitrogen and oxygen atoms in total. The van der Waals surface area contributed by atoms with E-state index in [-0.39, 0.29) is 5.91 Å². The fourth-order valence-electron chi connectivity index (χ4n) is 1.75. The molecule has 0 spiro atoms. The number of benzene rings is 1. The van der Waals surface area contributed by atoms with Gasteiger partial charge in [-0.25, -0.2) is 0 Å². The molecule has 0 saturated heterocycles. The van der Waals surface area contributed by atoms with E-state index < -0.39 is 0 Å². The monoisotopic (exact) mass is 215 g/mol. The Bertz CT molecular complexity index is 459. The van der Waals surface area contributed by atoms with Gasteiger partial charge in [-0.2, -0.15) is 0 Å². The number of hydrogen-bond donors (Lipinski definition) is 0. The quantitative estimate of drug-likeness (QED) is 0.696. The summed E-state index contributed by atoms with van der Waals surface area (Å²) in [7, 11) is 1.70. The molecular formula is C13H13NO2. The number of nitrogens with zero attached hydrogens (tertiary/aromatic N) is 1. The normalized spacial score (nSPS) is 12.5. The van der Waals surface area contributed by atoms with Crippen LogP contribution in [0.2, 0.25) is 0 Å². The maximum absolute atomic E-state index is 11.9. The summed E-state index contributed by atoms with van der Waals surface area (Å²) in [6.07, 6.45) is 6.04. The molecule has 1 amide bonds. The Morgan fingerprint density at radius 2 is 2.44 bits per heavy atom. The van der Waals surface area contributed by atoms with Crippen molar-refractivity contribution in [3.05, 3.63) is 29.3 Å². The van der Waals surface area contributed by atoms with E-state index in [1.807, 2.05) is 12.1 Å². The van der Waals surface area contributed by atoms with Crippen LogP contribution < -0.4 is 4.74 Å². The van der Waals surface area contributed by atoms with Crippen molar-refractivity contribution in [2.75, 3.05) is 20.2 Å². The van der Waals surface area contributed by atoms with Crippen molar-refractivity contribution < 1.29 is 9.53 Å². The summed E-state index contributed by atoms with van der Waals surface area (Å²) in [5, 5.41) is 0. The molecule has 82 valence electrons. The molecule has 2 rings (SSSR count). The molecule has 0 bridgehead atoms. The SMILES string of the molecule is C#CCN(C)C(=O)c1ccc2c(c1)CCO2. The van der Waals surface area contributed by atoms with Gasteiger partial charge in [0.05, 0.1) is 13.2 Å². The smallest absolute Gasteiger partial charge is 0.254 e. The molecule has 16 heavy (non-hydrogen) atoms. The van der Waals surface area contributed by atoms with Crippen LogP contribution in [-0.2, 0) is 6.42 Å². The Hall–Kier alpha value is -1.95. The first-order valence-electron chi connectivity index (χ1n) is 5.17. The van der Waals surface area contributed by atoms with Crippen LogP contribution in [0.5, 0.6) is 5.75 Å². The van der Waals surface area contributed by atoms with E-state index in [1.165, 1.54) is 4.90 Å². The van der Waals surface area contributed by atoms with Crippen LogP contribution in [0.1, 0.15) is 15.9 Å². The Morgan fingerprint density at radius 3 is 3.19 bits per heavy atom. The maximum Gasteiger partial charge on any atom is 0.254 e. The number of fused-ring (bicyclic) bond motifs is 1. The zero-order valence-electron chi connectivity index (χ0n) is 9.19. The number of carbonyl (C=O) groups is 1. The highest BCUT2D eigenvalue weighted by atomic mass is 16.5. The zero-order valence-corrected chi connectivity index (χ0v) is 9.19. The van der Waals surface area contributed by atoms with Gasteiger partial charge in [0, 0.05) is 19.0 Å². The Labute approximate surface area is 95.0 Å². The highest BCUT2D eigenvalue weighted by Crippen LogP contribution is 2.26. The first-order chi connectivity index (χ1) is 7.72. The van der Waals surface area contributed by atoms with Crippen LogP contribution in [0.3, 0.4) is 0 Å². The third kappa shape index (κ3) is 1.87. The van der Waals surface area contributed by atoms with Crippen molar-refractivity contribution in [2.45, 2.75) is 6.42 Å². The summed E-state index contributed by atoms with van der Waals surface area (Å²) in [5.41, 5.74) is 1.77. The molecule has 1 heterocycles. The fraction of sp³-hybridized carbons (Fsp3) is 0.308. The van der Waals surface area contributed by atoms with Gasteiger partial charge >= 0.3 is 0 Å². The summed E-state index contributed by atoms with van der Waals surface area (Å²) in [6.45, 7) is 1.03. The van der Waals surface area contributed by atoms with Crippen LogP contribution in [0.4, 0.5) is 0 Å². The molecule has 1 aliphatic heterocycles. The predicted molar refractivity (Wildman–Crippen MR) is 61.4 cm³/mol. The molecule has 0 saturated carbocycles. The van der Waals surface area contributed by atoms with Gasteiger partial charge in [-0.1, -0.05) is 5.92 Å². The third-order valence-corrected chi connectivity index (χ3v) is 2.61. The van der Waals surface area contributed by atoms with E-state index in [9.17, 15) is 4.79 Å². The minimum atomic E-state index is -0.0485. The topological polar surface area (TPSA) is 29.5 Å². The summed E-state index contributed by atoms with van der Waals surface area (Å²) in [4.78, 5) is 13.4. The molecule has 1 aromatic rings. The Kier molecular flexibility index (Phi) is 2.82. The minimum absolute atomic E-state index is 0.0485. The predicted octanol–water partition coefficient (Wildman–Crippen LogP) is 1.33. The molecule has 0 aromatic heterocycles. The number of terminal acetylenes is 1. The highest BCUT2D eigenvalue weighted by Gasteiger charge is 2.16. The van der Waals surface area contributed by atoms with Crippen molar-refractivity contribution in [3.63, 3.8) is 0 Å². The lowest BCUT2D eigenvalue weighted by atomic mass is 10.1. The number of ether oxygens (including phenoxy) is 1. The highest BCUT2D eigenvalue weighted by molar-refractivity contribution is 5.94. The number of carbonyl (C=O) groups excluding carboxylic acids is 1. The number of amides is 1. The number of rotatable bonds is 2. The molecule has 0 aliphatic carbocycles. The second kappa shape index (κ2) is 4.28. The largest absolute Gasteiger partial charge is 0.493 e. The molecule has 0 radical (unpaired) electrons. The van der Waals surface area contributed by atoms with Crippen molar-refractivity contribution in [1.29, 1.82) is 0 Å². The second-order valence-corrected chi connectivity index (χ2v) is 3.79. The van der Waals surface area contributed by atoms with Crippen LogP contribution in [0, 0.1) is 12.3 Å². The summed E-state index contributed by atoms with van der Waals surface area (Å²) in [6, 6.07) is 5.51. The van der Waals surface area contributed by atoms with E-state index in [0.717, 1.165) is 17.7 Å². The third-order valence-electron chi connectivity index (χ3n) is 2.61. The summed E-state index contributed by atoms with van der Waals surface area (Å²) >= 11 is 0. The molecule has 3 heteroatoms. The lowest BCUT2D eigenvalue weighted by Gasteiger charge is -2.14. The first-order valence-corrected chi connectivity index (χ1v) is 5.17. The summed E-state index contributed by atoms with van der Waals surface area (Å²) < 4.78 is 5.38. The standard InChI is InChI=1S/C13H13NO2/c1-3-7-14(2)13(15)11-4-5-12-10(9-11)6-8-16-12/h1,4-5,9H,6-8H2,2H3. The van der Waals surface area contributed by atoms with Gasteiger partial charge < -0.3 is 9.64 Å². The summed E-state index contributed by atoms with van der Waals surface area (Å²) in [5.74, 6) is 3.29. The van der Waals surface area contributed by atoms with E-state index >= 15 is 0 Å². The van der Waals surface area contributed by atoms with Gasteiger partial charge in [0.25, 0.3) is 5.91 Å². The molecule has 1 aliphatic rings. The lowest BCUT2D eigenvalue weighted by molar-refractivity contribution is 0.0812. The van der Waals surface area contributed by atoms with Crippen molar-refractivity contribution >= 4 is 5.91 Å². The van der Waals surface area contributed by atoms with Gasteiger partial charge in [-0.3, -0.25) is 4.79 Å². The van der Waals surface area contributed by atoms with Crippen molar-refractivity contribution in [1.82, 2.24) is 4.90 Å². The van der Waals surface area contributed by atoms with E-state index in [0.29, 0.717) is 18.7 Å². The Morgan fingerprint density at radius 1 is 1.62 bits per heavy atom. The average molecular weight is 215 g/mol. The fourth-order valence-corrected chi connectivity index (χ4v) is 1.75. The van der Waals surface area contributed by atoms with Crippen LogP contribution >= 0.6 is 0 Å². The maximum atomic E-state index is 11.9. The van der Waals surface area contributed by atoms with Gasteiger partial charge in [0.15, 0.2) is 0 Å². The van der Waals surface area contributed by atoms with Crippen molar-refractivity contribution in [3.8, 4) is 18.1 Å². The average Bonchev–Trinajstić information content (AvgIpc) is 2.75.